The van der Waals surface area contributed by atoms with Crippen molar-refractivity contribution in [1.82, 2.24) is 15.1 Å². The lowest BCUT2D eigenvalue weighted by Gasteiger charge is -2.00. The second kappa shape index (κ2) is 5.42. The smallest absolute Gasteiger partial charge is 0.260 e. The summed E-state index contributed by atoms with van der Waals surface area (Å²) in [6.45, 7) is 0. The lowest BCUT2D eigenvalue weighted by molar-refractivity contribution is 0.424. The number of benzene rings is 1. The van der Waals surface area contributed by atoms with Crippen LogP contribution < -0.4 is 5.73 Å². The number of hydrogen-bond acceptors (Lipinski definition) is 5. The highest BCUT2D eigenvalue weighted by molar-refractivity contribution is 9.10. The van der Waals surface area contributed by atoms with Crippen molar-refractivity contribution in [2.75, 3.05) is 5.73 Å². The lowest BCUT2D eigenvalue weighted by atomic mass is 10.2. The molecule has 0 saturated carbocycles. The van der Waals surface area contributed by atoms with Crippen molar-refractivity contribution in [3.8, 4) is 11.5 Å². The molecule has 0 bridgehead atoms. The minimum absolute atomic E-state index is 0.418. The third-order valence-corrected chi connectivity index (χ3v) is 3.27. The van der Waals surface area contributed by atoms with Gasteiger partial charge in [0.1, 0.15) is 0 Å². The van der Waals surface area contributed by atoms with E-state index in [0.717, 1.165) is 15.7 Å². The summed E-state index contributed by atoms with van der Waals surface area (Å²) < 4.78 is 6.17. The van der Waals surface area contributed by atoms with Crippen LogP contribution in [0.3, 0.4) is 0 Å². The van der Waals surface area contributed by atoms with Gasteiger partial charge in [0.05, 0.1) is 12.0 Å². The zero-order chi connectivity index (χ0) is 13.9. The van der Waals surface area contributed by atoms with Crippen LogP contribution in [0.4, 0.5) is 5.69 Å². The van der Waals surface area contributed by atoms with E-state index in [2.05, 4.69) is 31.1 Å². The molecule has 5 nitrogen and oxygen atoms in total. The van der Waals surface area contributed by atoms with Gasteiger partial charge < -0.3 is 10.3 Å². The van der Waals surface area contributed by atoms with Crippen molar-refractivity contribution in [3.05, 3.63) is 58.6 Å². The van der Waals surface area contributed by atoms with E-state index in [0.29, 0.717) is 23.8 Å². The molecule has 0 aliphatic heterocycles. The fourth-order valence-electron chi connectivity index (χ4n) is 1.83. The summed E-state index contributed by atoms with van der Waals surface area (Å²) in [5, 5.41) is 3.96. The number of anilines is 1. The van der Waals surface area contributed by atoms with Gasteiger partial charge >= 0.3 is 0 Å². The van der Waals surface area contributed by atoms with Crippen LogP contribution in [0.15, 0.2) is 51.6 Å². The maximum atomic E-state index is 5.95. The van der Waals surface area contributed by atoms with Gasteiger partial charge in [-0.15, -0.1) is 0 Å². The predicted molar refractivity (Wildman–Crippen MR) is 78.9 cm³/mol. The van der Waals surface area contributed by atoms with Crippen LogP contribution in [0.5, 0.6) is 0 Å². The number of aromatic nitrogens is 3. The maximum absolute atomic E-state index is 5.95. The number of pyridine rings is 1. The van der Waals surface area contributed by atoms with Gasteiger partial charge in [0.2, 0.25) is 0 Å². The van der Waals surface area contributed by atoms with Gasteiger partial charge in [0.15, 0.2) is 5.82 Å². The van der Waals surface area contributed by atoms with E-state index < -0.39 is 0 Å². The Hall–Kier alpha value is -2.21. The Morgan fingerprint density at radius 2 is 2.10 bits per heavy atom. The van der Waals surface area contributed by atoms with Crippen molar-refractivity contribution in [2.45, 2.75) is 6.42 Å². The molecular formula is C14H11BrN4O. The average molecular weight is 331 g/mol. The maximum Gasteiger partial charge on any atom is 0.260 e. The molecule has 0 aliphatic carbocycles. The van der Waals surface area contributed by atoms with Crippen LogP contribution in [0.2, 0.25) is 0 Å². The third kappa shape index (κ3) is 2.70. The van der Waals surface area contributed by atoms with Crippen molar-refractivity contribution in [2.24, 2.45) is 0 Å². The Labute approximate surface area is 124 Å². The van der Waals surface area contributed by atoms with Gasteiger partial charge in [0, 0.05) is 22.1 Å². The Morgan fingerprint density at radius 3 is 2.85 bits per heavy atom. The summed E-state index contributed by atoms with van der Waals surface area (Å²) in [6, 6.07) is 11.2. The molecule has 0 atom stereocenters. The highest BCUT2D eigenvalue weighted by Gasteiger charge is 2.12. The van der Waals surface area contributed by atoms with Gasteiger partial charge in [-0.1, -0.05) is 27.2 Å². The van der Waals surface area contributed by atoms with E-state index in [1.54, 1.807) is 12.3 Å². The number of nitrogens with zero attached hydrogens (tertiary/aromatic N) is 3. The van der Waals surface area contributed by atoms with Crippen molar-refractivity contribution in [3.63, 3.8) is 0 Å². The topological polar surface area (TPSA) is 77.8 Å². The molecule has 1 aromatic carbocycles. The zero-order valence-electron chi connectivity index (χ0n) is 10.5. The number of rotatable bonds is 3. The third-order valence-electron chi connectivity index (χ3n) is 2.78. The molecule has 0 unspecified atom stereocenters. The SMILES string of the molecule is Nc1cc(Br)ccc1-c1nc(Cc2ccccn2)no1. The average Bonchev–Trinajstić information content (AvgIpc) is 2.88. The van der Waals surface area contributed by atoms with Crippen LogP contribution >= 0.6 is 15.9 Å². The summed E-state index contributed by atoms with van der Waals surface area (Å²) >= 11 is 3.36. The molecule has 2 heterocycles. The van der Waals surface area contributed by atoms with Crippen molar-refractivity contribution >= 4 is 21.6 Å². The van der Waals surface area contributed by atoms with Crippen LogP contribution in [0, 0.1) is 0 Å². The van der Waals surface area contributed by atoms with Gasteiger partial charge in [-0.25, -0.2) is 0 Å². The molecule has 0 radical (unpaired) electrons. The molecule has 6 heteroatoms. The first-order valence-corrected chi connectivity index (χ1v) is 6.79. The first-order chi connectivity index (χ1) is 9.72. The molecule has 0 aliphatic rings. The molecule has 0 saturated heterocycles. The minimum atomic E-state index is 0.418. The van der Waals surface area contributed by atoms with Gasteiger partial charge in [-0.05, 0) is 30.3 Å². The Balaban J connectivity index is 1.87. The lowest BCUT2D eigenvalue weighted by Crippen LogP contribution is -1.94. The highest BCUT2D eigenvalue weighted by Crippen LogP contribution is 2.27. The summed E-state index contributed by atoms with van der Waals surface area (Å²) in [6.07, 6.45) is 2.27. The Bertz CT molecular complexity index is 727. The number of halogens is 1. The van der Waals surface area contributed by atoms with E-state index in [1.807, 2.05) is 30.3 Å². The Kier molecular flexibility index (Phi) is 3.47. The summed E-state index contributed by atoms with van der Waals surface area (Å²) in [5.74, 6) is 1.00. The molecule has 100 valence electrons. The van der Waals surface area contributed by atoms with Gasteiger partial charge in [-0.2, -0.15) is 4.98 Å². The normalized spacial score (nSPS) is 10.7. The fourth-order valence-corrected chi connectivity index (χ4v) is 2.21. The number of nitrogens with two attached hydrogens (primary N) is 1. The minimum Gasteiger partial charge on any atom is -0.398 e. The molecule has 3 rings (SSSR count). The van der Waals surface area contributed by atoms with Crippen molar-refractivity contribution in [1.29, 1.82) is 0 Å². The van der Waals surface area contributed by atoms with Crippen LogP contribution in [-0.2, 0) is 6.42 Å². The summed E-state index contributed by atoms with van der Waals surface area (Å²) in [7, 11) is 0. The monoisotopic (exact) mass is 330 g/mol. The first-order valence-electron chi connectivity index (χ1n) is 6.00. The molecule has 3 aromatic rings. The zero-order valence-corrected chi connectivity index (χ0v) is 12.0. The van der Waals surface area contributed by atoms with Crippen LogP contribution in [-0.4, -0.2) is 15.1 Å². The molecule has 2 N–H and O–H groups in total. The van der Waals surface area contributed by atoms with Gasteiger partial charge in [-0.3, -0.25) is 4.98 Å². The standard InChI is InChI=1S/C14H11BrN4O/c15-9-4-5-11(12(16)7-9)14-18-13(19-20-14)8-10-3-1-2-6-17-10/h1-7H,8,16H2. The van der Waals surface area contributed by atoms with E-state index in [-0.39, 0.29) is 0 Å². The van der Waals surface area contributed by atoms with E-state index >= 15 is 0 Å². The fraction of sp³-hybridized carbons (Fsp3) is 0.0714. The second-order valence-electron chi connectivity index (χ2n) is 4.25. The molecule has 0 fully saturated rings. The van der Waals surface area contributed by atoms with Crippen LogP contribution in [0.25, 0.3) is 11.5 Å². The largest absolute Gasteiger partial charge is 0.398 e. The van der Waals surface area contributed by atoms with Crippen molar-refractivity contribution < 1.29 is 4.52 Å². The highest BCUT2D eigenvalue weighted by atomic mass is 79.9. The van der Waals surface area contributed by atoms with E-state index in [9.17, 15) is 0 Å². The second-order valence-corrected chi connectivity index (χ2v) is 5.16. The quantitative estimate of drug-likeness (QED) is 0.746. The summed E-state index contributed by atoms with van der Waals surface area (Å²) in [5.41, 5.74) is 8.16. The number of hydrogen-bond donors (Lipinski definition) is 1. The Morgan fingerprint density at radius 1 is 1.20 bits per heavy atom. The van der Waals surface area contributed by atoms with E-state index in [4.69, 9.17) is 10.3 Å². The first kappa shape index (κ1) is 12.8. The predicted octanol–water partition coefficient (Wildman–Crippen LogP) is 3.07. The number of nitrogen functional groups attached to an aromatic ring is 1. The molecular weight excluding hydrogens is 320 g/mol. The van der Waals surface area contributed by atoms with E-state index in [1.165, 1.54) is 0 Å². The molecule has 2 aromatic heterocycles. The molecule has 0 amide bonds. The van der Waals surface area contributed by atoms with Gasteiger partial charge in [0.25, 0.3) is 5.89 Å². The summed E-state index contributed by atoms with van der Waals surface area (Å²) in [4.78, 5) is 8.59. The van der Waals surface area contributed by atoms with Crippen LogP contribution in [0.1, 0.15) is 11.5 Å². The molecule has 0 spiro atoms. The molecule has 20 heavy (non-hydrogen) atoms.